The molecule has 1 aliphatic carbocycles. The van der Waals surface area contributed by atoms with Gasteiger partial charge >= 0.3 is 11.8 Å². The molecular weight excluding hydrogens is 280 g/mol. The summed E-state index contributed by atoms with van der Waals surface area (Å²) in [5.74, 6) is -0.215. The van der Waals surface area contributed by atoms with E-state index in [0.717, 1.165) is 37.0 Å². The fourth-order valence-corrected chi connectivity index (χ4v) is 2.80. The van der Waals surface area contributed by atoms with Gasteiger partial charge in [0, 0.05) is 19.6 Å². The fourth-order valence-electron chi connectivity index (χ4n) is 2.80. The maximum absolute atomic E-state index is 12.2. The van der Waals surface area contributed by atoms with Gasteiger partial charge in [0.05, 0.1) is 7.11 Å². The highest BCUT2D eigenvalue weighted by Gasteiger charge is 2.26. The van der Waals surface area contributed by atoms with Crippen molar-refractivity contribution < 1.29 is 14.3 Å². The third-order valence-corrected chi connectivity index (χ3v) is 4.25. The number of amides is 2. The SMILES string of the molecule is COc1ccc(CNC(=O)C(=O)N(C)C2CCCCC2)cc1. The number of nitrogens with zero attached hydrogens (tertiary/aromatic N) is 1. The molecule has 0 unspecified atom stereocenters. The lowest BCUT2D eigenvalue weighted by molar-refractivity contribution is -0.146. The van der Waals surface area contributed by atoms with Crippen molar-refractivity contribution in [1.82, 2.24) is 10.2 Å². The van der Waals surface area contributed by atoms with E-state index in [1.54, 1.807) is 19.1 Å². The first-order valence-corrected chi connectivity index (χ1v) is 7.79. The number of hydrogen-bond donors (Lipinski definition) is 1. The number of benzene rings is 1. The van der Waals surface area contributed by atoms with Crippen LogP contribution in [0.3, 0.4) is 0 Å². The third-order valence-electron chi connectivity index (χ3n) is 4.25. The molecule has 1 aromatic rings. The Balaban J connectivity index is 1.83. The van der Waals surface area contributed by atoms with E-state index in [9.17, 15) is 9.59 Å². The van der Waals surface area contributed by atoms with E-state index >= 15 is 0 Å². The van der Waals surface area contributed by atoms with E-state index < -0.39 is 11.8 Å². The normalized spacial score (nSPS) is 15.2. The van der Waals surface area contributed by atoms with E-state index in [4.69, 9.17) is 4.74 Å². The molecule has 2 rings (SSSR count). The van der Waals surface area contributed by atoms with Crippen molar-refractivity contribution in [3.05, 3.63) is 29.8 Å². The first kappa shape index (κ1) is 16.3. The average molecular weight is 304 g/mol. The molecule has 5 nitrogen and oxygen atoms in total. The van der Waals surface area contributed by atoms with Gasteiger partial charge in [-0.05, 0) is 30.5 Å². The second kappa shape index (κ2) is 7.82. The molecule has 0 aliphatic heterocycles. The van der Waals surface area contributed by atoms with Crippen LogP contribution in [0, 0.1) is 0 Å². The largest absolute Gasteiger partial charge is 0.497 e. The van der Waals surface area contributed by atoms with E-state index in [1.807, 2.05) is 24.3 Å². The highest BCUT2D eigenvalue weighted by Crippen LogP contribution is 2.21. The molecule has 2 amide bonds. The van der Waals surface area contributed by atoms with Gasteiger partial charge in [0.2, 0.25) is 0 Å². The Kier molecular flexibility index (Phi) is 5.81. The van der Waals surface area contributed by atoms with Crippen LogP contribution in [0.5, 0.6) is 5.75 Å². The predicted molar refractivity (Wildman–Crippen MR) is 84.5 cm³/mol. The Labute approximate surface area is 131 Å². The summed E-state index contributed by atoms with van der Waals surface area (Å²) in [4.78, 5) is 25.8. The smallest absolute Gasteiger partial charge is 0.311 e. The van der Waals surface area contributed by atoms with Crippen LogP contribution in [-0.2, 0) is 16.1 Å². The van der Waals surface area contributed by atoms with Gasteiger partial charge in [0.25, 0.3) is 0 Å². The summed E-state index contributed by atoms with van der Waals surface area (Å²) < 4.78 is 5.08. The molecule has 1 aromatic carbocycles. The molecule has 0 spiro atoms. The minimum Gasteiger partial charge on any atom is -0.497 e. The zero-order valence-corrected chi connectivity index (χ0v) is 13.3. The number of ether oxygens (including phenoxy) is 1. The van der Waals surface area contributed by atoms with Crippen LogP contribution in [0.15, 0.2) is 24.3 Å². The van der Waals surface area contributed by atoms with Crippen molar-refractivity contribution in [3.8, 4) is 5.75 Å². The summed E-state index contributed by atoms with van der Waals surface area (Å²) in [6, 6.07) is 7.60. The molecule has 1 aliphatic rings. The van der Waals surface area contributed by atoms with Gasteiger partial charge in [-0.3, -0.25) is 9.59 Å². The van der Waals surface area contributed by atoms with Crippen LogP contribution >= 0.6 is 0 Å². The Bertz CT molecular complexity index is 507. The predicted octanol–water partition coefficient (Wildman–Crippen LogP) is 2.10. The van der Waals surface area contributed by atoms with Gasteiger partial charge in [-0.1, -0.05) is 31.4 Å². The summed E-state index contributed by atoms with van der Waals surface area (Å²) in [7, 11) is 3.34. The minimum atomic E-state index is -0.538. The quantitative estimate of drug-likeness (QED) is 0.867. The Morgan fingerprint density at radius 1 is 1.18 bits per heavy atom. The van der Waals surface area contributed by atoms with Crippen molar-refractivity contribution in [3.63, 3.8) is 0 Å². The van der Waals surface area contributed by atoms with Crippen LogP contribution in [0.2, 0.25) is 0 Å². The zero-order chi connectivity index (χ0) is 15.9. The number of nitrogens with one attached hydrogen (secondary N) is 1. The Morgan fingerprint density at radius 3 is 2.41 bits per heavy atom. The maximum Gasteiger partial charge on any atom is 0.311 e. The molecule has 0 atom stereocenters. The summed E-state index contributed by atoms with van der Waals surface area (Å²) in [6.07, 6.45) is 5.48. The lowest BCUT2D eigenvalue weighted by Crippen LogP contribution is -2.46. The monoisotopic (exact) mass is 304 g/mol. The number of carbonyl (C=O) groups is 2. The van der Waals surface area contributed by atoms with E-state index in [1.165, 1.54) is 6.42 Å². The maximum atomic E-state index is 12.2. The van der Waals surface area contributed by atoms with Crippen molar-refractivity contribution in [2.24, 2.45) is 0 Å². The lowest BCUT2D eigenvalue weighted by atomic mass is 9.94. The highest BCUT2D eigenvalue weighted by atomic mass is 16.5. The molecule has 0 radical (unpaired) electrons. The van der Waals surface area contributed by atoms with Gasteiger partial charge < -0.3 is 15.0 Å². The van der Waals surface area contributed by atoms with Crippen molar-refractivity contribution in [1.29, 1.82) is 0 Å². The van der Waals surface area contributed by atoms with Gasteiger partial charge in [0.15, 0.2) is 0 Å². The molecule has 0 aromatic heterocycles. The Morgan fingerprint density at radius 2 is 1.82 bits per heavy atom. The molecule has 1 fully saturated rings. The molecule has 5 heteroatoms. The van der Waals surface area contributed by atoms with Gasteiger partial charge in [0.1, 0.15) is 5.75 Å². The average Bonchev–Trinajstić information content (AvgIpc) is 2.59. The fraction of sp³-hybridized carbons (Fsp3) is 0.529. The number of carbonyl (C=O) groups excluding carboxylic acids is 2. The molecule has 1 saturated carbocycles. The number of rotatable bonds is 4. The summed E-state index contributed by atoms with van der Waals surface area (Å²) in [5, 5.41) is 2.69. The van der Waals surface area contributed by atoms with Crippen LogP contribution in [0.1, 0.15) is 37.7 Å². The zero-order valence-electron chi connectivity index (χ0n) is 13.3. The minimum absolute atomic E-state index is 0.202. The third kappa shape index (κ3) is 4.23. The van der Waals surface area contributed by atoms with Gasteiger partial charge in [-0.15, -0.1) is 0 Å². The van der Waals surface area contributed by atoms with Crippen LogP contribution in [0.4, 0.5) is 0 Å². The second-order valence-electron chi connectivity index (χ2n) is 5.74. The highest BCUT2D eigenvalue weighted by molar-refractivity contribution is 6.34. The molecule has 0 bridgehead atoms. The molecule has 120 valence electrons. The van der Waals surface area contributed by atoms with Crippen molar-refractivity contribution >= 4 is 11.8 Å². The van der Waals surface area contributed by atoms with E-state index in [2.05, 4.69) is 5.32 Å². The molecule has 1 N–H and O–H groups in total. The standard InChI is InChI=1S/C17H24N2O3/c1-19(14-6-4-3-5-7-14)17(21)16(20)18-12-13-8-10-15(22-2)11-9-13/h8-11,14H,3-7,12H2,1-2H3,(H,18,20). The molecule has 0 heterocycles. The summed E-state index contributed by atoms with van der Waals surface area (Å²) >= 11 is 0. The Hall–Kier alpha value is -2.04. The second-order valence-corrected chi connectivity index (χ2v) is 5.74. The van der Waals surface area contributed by atoms with Gasteiger partial charge in [-0.25, -0.2) is 0 Å². The lowest BCUT2D eigenvalue weighted by Gasteiger charge is -2.30. The van der Waals surface area contributed by atoms with Crippen LogP contribution < -0.4 is 10.1 Å². The van der Waals surface area contributed by atoms with Gasteiger partial charge in [-0.2, -0.15) is 0 Å². The van der Waals surface area contributed by atoms with Crippen molar-refractivity contribution in [2.45, 2.75) is 44.7 Å². The number of methoxy groups -OCH3 is 1. The number of hydrogen-bond acceptors (Lipinski definition) is 3. The van der Waals surface area contributed by atoms with E-state index in [0.29, 0.717) is 6.54 Å². The molecule has 0 saturated heterocycles. The molecular formula is C17H24N2O3. The van der Waals surface area contributed by atoms with Crippen molar-refractivity contribution in [2.75, 3.05) is 14.2 Å². The van der Waals surface area contributed by atoms with Crippen LogP contribution in [0.25, 0.3) is 0 Å². The first-order chi connectivity index (χ1) is 10.6. The summed E-state index contributed by atoms with van der Waals surface area (Å²) in [6.45, 7) is 0.340. The van der Waals surface area contributed by atoms with E-state index in [-0.39, 0.29) is 6.04 Å². The summed E-state index contributed by atoms with van der Waals surface area (Å²) in [5.41, 5.74) is 0.933. The number of likely N-dealkylation sites (N-methyl/N-ethyl adjacent to an activating group) is 1. The topological polar surface area (TPSA) is 58.6 Å². The van der Waals surface area contributed by atoms with Crippen LogP contribution in [-0.4, -0.2) is 36.9 Å². The first-order valence-electron chi connectivity index (χ1n) is 7.79. The molecule has 22 heavy (non-hydrogen) atoms.